The third kappa shape index (κ3) is 2.34. The summed E-state index contributed by atoms with van der Waals surface area (Å²) in [6.45, 7) is 0.359. The summed E-state index contributed by atoms with van der Waals surface area (Å²) in [7, 11) is 1.70. The number of likely N-dealkylation sites (N-methyl/N-ethyl adjacent to an activating group) is 1. The Kier molecular flexibility index (Phi) is 3.11. The van der Waals surface area contributed by atoms with Crippen molar-refractivity contribution in [2.75, 3.05) is 13.6 Å². The predicted molar refractivity (Wildman–Crippen MR) is 47.2 cm³/mol. The van der Waals surface area contributed by atoms with Crippen molar-refractivity contribution in [3.05, 3.63) is 23.8 Å². The van der Waals surface area contributed by atoms with Crippen LogP contribution in [0.2, 0.25) is 0 Å². The molecule has 4 nitrogen and oxygen atoms in total. The summed E-state index contributed by atoms with van der Waals surface area (Å²) in [5.41, 5.74) is 0.471. The van der Waals surface area contributed by atoms with Crippen LogP contribution in [-0.2, 0) is 9.59 Å². The van der Waals surface area contributed by atoms with E-state index in [0.29, 0.717) is 12.1 Å². The topological polar surface area (TPSA) is 66.4 Å². The zero-order valence-corrected chi connectivity index (χ0v) is 7.28. The highest BCUT2D eigenvalue weighted by Crippen LogP contribution is 2.08. The summed E-state index contributed by atoms with van der Waals surface area (Å²) in [5.74, 6) is -1.12. The molecule has 0 amide bonds. The second kappa shape index (κ2) is 4.11. The van der Waals surface area contributed by atoms with Gasteiger partial charge in [-0.3, -0.25) is 9.59 Å². The lowest BCUT2D eigenvalue weighted by Crippen LogP contribution is -2.27. The fraction of sp³-hybridized carbons (Fsp3) is 0.333. The van der Waals surface area contributed by atoms with Crippen molar-refractivity contribution in [3.8, 4) is 0 Å². The Morgan fingerprint density at radius 3 is 2.62 bits per heavy atom. The highest BCUT2D eigenvalue weighted by atomic mass is 16.3. The fourth-order valence-electron chi connectivity index (χ4n) is 1.04. The van der Waals surface area contributed by atoms with Crippen molar-refractivity contribution < 1.29 is 14.7 Å². The molecule has 0 aliphatic heterocycles. The molecule has 0 aromatic carbocycles. The molecule has 0 heterocycles. The van der Waals surface area contributed by atoms with Crippen molar-refractivity contribution in [1.82, 2.24) is 5.32 Å². The van der Waals surface area contributed by atoms with Gasteiger partial charge in [0.15, 0.2) is 0 Å². The van der Waals surface area contributed by atoms with Crippen LogP contribution in [0.15, 0.2) is 23.8 Å². The Balaban J connectivity index is 2.72. The van der Waals surface area contributed by atoms with Gasteiger partial charge in [-0.25, -0.2) is 0 Å². The molecule has 1 aliphatic rings. The molecular weight excluding hydrogens is 170 g/mol. The molecule has 0 spiro atoms. The quantitative estimate of drug-likeness (QED) is 0.442. The molecule has 0 saturated carbocycles. The van der Waals surface area contributed by atoms with E-state index in [1.807, 2.05) is 0 Å². The molecule has 13 heavy (non-hydrogen) atoms. The van der Waals surface area contributed by atoms with Crippen LogP contribution < -0.4 is 5.32 Å². The largest absolute Gasteiger partial charge is 0.387 e. The maximum atomic E-state index is 10.9. The number of carbonyl (C=O) groups is 2. The van der Waals surface area contributed by atoms with Crippen LogP contribution in [0.3, 0.4) is 0 Å². The standard InChI is InChI=1S/C9H11NO3/c1-10-5-9(13)6-2-3-7(11)8(12)4-6/h2-4,9-10,13H,5H2,1H3. The Morgan fingerprint density at radius 1 is 1.38 bits per heavy atom. The van der Waals surface area contributed by atoms with Crippen molar-refractivity contribution in [3.63, 3.8) is 0 Å². The Morgan fingerprint density at radius 2 is 2.08 bits per heavy atom. The van der Waals surface area contributed by atoms with Crippen molar-refractivity contribution >= 4 is 11.6 Å². The average molecular weight is 181 g/mol. The number of aliphatic hydroxyl groups excluding tert-OH is 1. The number of rotatable bonds is 3. The molecule has 0 fully saturated rings. The monoisotopic (exact) mass is 181 g/mol. The van der Waals surface area contributed by atoms with Gasteiger partial charge in [0.2, 0.25) is 11.6 Å². The summed E-state index contributed by atoms with van der Waals surface area (Å²) >= 11 is 0. The minimum atomic E-state index is -0.738. The lowest BCUT2D eigenvalue weighted by Gasteiger charge is -2.12. The molecule has 4 heteroatoms. The third-order valence-electron chi connectivity index (χ3n) is 1.75. The number of allylic oxidation sites excluding steroid dienone is 2. The molecule has 0 bridgehead atoms. The van der Waals surface area contributed by atoms with Gasteiger partial charge in [-0.05, 0) is 24.8 Å². The summed E-state index contributed by atoms with van der Waals surface area (Å²) < 4.78 is 0. The van der Waals surface area contributed by atoms with Crippen LogP contribution >= 0.6 is 0 Å². The number of ketones is 2. The van der Waals surface area contributed by atoms with Crippen molar-refractivity contribution in [2.24, 2.45) is 0 Å². The smallest absolute Gasteiger partial charge is 0.226 e. The molecular formula is C9H11NO3. The lowest BCUT2D eigenvalue weighted by molar-refractivity contribution is -0.131. The highest BCUT2D eigenvalue weighted by Gasteiger charge is 2.17. The minimum absolute atomic E-state index is 0.359. The molecule has 0 radical (unpaired) electrons. The number of nitrogens with one attached hydrogen (secondary N) is 1. The van der Waals surface area contributed by atoms with Crippen molar-refractivity contribution in [1.29, 1.82) is 0 Å². The normalized spacial score (nSPS) is 18.8. The first-order valence-electron chi connectivity index (χ1n) is 3.95. The molecule has 2 N–H and O–H groups in total. The summed E-state index contributed by atoms with van der Waals surface area (Å²) in [6.07, 6.45) is 3.07. The number of hydrogen-bond acceptors (Lipinski definition) is 4. The number of carbonyl (C=O) groups excluding carboxylic acids is 2. The van der Waals surface area contributed by atoms with Crippen LogP contribution in [0, 0.1) is 0 Å². The summed E-state index contributed by atoms with van der Waals surface area (Å²) in [5, 5.41) is 12.2. The van der Waals surface area contributed by atoms with Crippen LogP contribution in [0.25, 0.3) is 0 Å². The average Bonchev–Trinajstić information content (AvgIpc) is 2.10. The van der Waals surface area contributed by atoms with E-state index in [4.69, 9.17) is 0 Å². The Hall–Kier alpha value is -1.26. The summed E-state index contributed by atoms with van der Waals surface area (Å²) in [6, 6.07) is 0. The van der Waals surface area contributed by atoms with Gasteiger partial charge in [-0.1, -0.05) is 6.08 Å². The molecule has 70 valence electrons. The first kappa shape index (κ1) is 9.83. The zero-order valence-electron chi connectivity index (χ0n) is 7.28. The maximum absolute atomic E-state index is 10.9. The molecule has 0 saturated heterocycles. The Labute approximate surface area is 75.9 Å². The second-order valence-corrected chi connectivity index (χ2v) is 2.78. The molecule has 0 aromatic heterocycles. The van der Waals surface area contributed by atoms with E-state index >= 15 is 0 Å². The van der Waals surface area contributed by atoms with E-state index in [9.17, 15) is 14.7 Å². The van der Waals surface area contributed by atoms with Gasteiger partial charge >= 0.3 is 0 Å². The Bertz CT molecular complexity index is 291. The van der Waals surface area contributed by atoms with E-state index in [1.165, 1.54) is 18.2 Å². The van der Waals surface area contributed by atoms with Gasteiger partial charge in [-0.15, -0.1) is 0 Å². The van der Waals surface area contributed by atoms with E-state index in [2.05, 4.69) is 5.32 Å². The van der Waals surface area contributed by atoms with Gasteiger partial charge < -0.3 is 10.4 Å². The van der Waals surface area contributed by atoms with Crippen LogP contribution in [0.1, 0.15) is 0 Å². The van der Waals surface area contributed by atoms with Gasteiger partial charge in [0.25, 0.3) is 0 Å². The van der Waals surface area contributed by atoms with Gasteiger partial charge in [-0.2, -0.15) is 0 Å². The molecule has 1 atom stereocenters. The van der Waals surface area contributed by atoms with E-state index in [0.717, 1.165) is 0 Å². The van der Waals surface area contributed by atoms with E-state index < -0.39 is 17.7 Å². The van der Waals surface area contributed by atoms with Crippen LogP contribution in [0.4, 0.5) is 0 Å². The lowest BCUT2D eigenvalue weighted by atomic mass is 10.0. The molecule has 0 aromatic rings. The zero-order chi connectivity index (χ0) is 9.84. The summed E-state index contributed by atoms with van der Waals surface area (Å²) in [4.78, 5) is 21.6. The van der Waals surface area contributed by atoms with Crippen LogP contribution in [0.5, 0.6) is 0 Å². The first-order chi connectivity index (χ1) is 6.15. The molecule has 1 aliphatic carbocycles. The first-order valence-corrected chi connectivity index (χ1v) is 3.95. The van der Waals surface area contributed by atoms with Gasteiger partial charge in [0.1, 0.15) is 0 Å². The maximum Gasteiger partial charge on any atom is 0.226 e. The second-order valence-electron chi connectivity index (χ2n) is 2.78. The van der Waals surface area contributed by atoms with E-state index in [-0.39, 0.29) is 0 Å². The van der Waals surface area contributed by atoms with Gasteiger partial charge in [0.05, 0.1) is 6.10 Å². The van der Waals surface area contributed by atoms with Gasteiger partial charge in [0, 0.05) is 6.54 Å². The third-order valence-corrected chi connectivity index (χ3v) is 1.75. The number of aliphatic hydroxyl groups is 1. The SMILES string of the molecule is CNCC(O)C1=CC(=O)C(=O)C=C1. The minimum Gasteiger partial charge on any atom is -0.387 e. The van der Waals surface area contributed by atoms with E-state index in [1.54, 1.807) is 7.05 Å². The van der Waals surface area contributed by atoms with Crippen LogP contribution in [-0.4, -0.2) is 36.4 Å². The fourth-order valence-corrected chi connectivity index (χ4v) is 1.04. The van der Waals surface area contributed by atoms with Crippen molar-refractivity contribution in [2.45, 2.75) is 6.10 Å². The molecule has 1 unspecified atom stereocenters. The molecule has 1 rings (SSSR count). The predicted octanol–water partition coefficient (Wildman–Crippen LogP) is -0.799. The highest BCUT2D eigenvalue weighted by molar-refractivity contribution is 6.46. The number of hydrogen-bond donors (Lipinski definition) is 2.